The van der Waals surface area contributed by atoms with Crippen molar-refractivity contribution in [3.05, 3.63) is 29.6 Å². The number of benzene rings is 1. The molecule has 1 aromatic carbocycles. The van der Waals surface area contributed by atoms with Gasteiger partial charge in [-0.25, -0.2) is 4.39 Å². The van der Waals surface area contributed by atoms with Crippen LogP contribution < -0.4 is 10.5 Å². The van der Waals surface area contributed by atoms with Crippen LogP contribution in [0.3, 0.4) is 0 Å². The third kappa shape index (κ3) is 2.05. The predicted octanol–water partition coefficient (Wildman–Crippen LogP) is 3.02. The number of ether oxygens (including phenoxy) is 1. The van der Waals surface area contributed by atoms with Crippen LogP contribution in [0.4, 0.5) is 4.39 Å². The Kier molecular flexibility index (Phi) is 3.44. The maximum atomic E-state index is 14.0. The molecule has 2 rings (SSSR count). The SMILES string of the molecule is COc1cccc(C(N)C2CCCC2)c1F. The quantitative estimate of drug-likeness (QED) is 0.854. The van der Waals surface area contributed by atoms with E-state index in [1.807, 2.05) is 0 Å². The molecule has 1 fully saturated rings. The summed E-state index contributed by atoms with van der Waals surface area (Å²) in [6.07, 6.45) is 4.64. The van der Waals surface area contributed by atoms with Crippen LogP contribution in [-0.2, 0) is 0 Å². The van der Waals surface area contributed by atoms with Gasteiger partial charge in [0.25, 0.3) is 0 Å². The van der Waals surface area contributed by atoms with Crippen molar-refractivity contribution in [2.24, 2.45) is 11.7 Å². The van der Waals surface area contributed by atoms with E-state index in [0.29, 0.717) is 11.5 Å². The lowest BCUT2D eigenvalue weighted by atomic mass is 9.92. The molecule has 1 unspecified atom stereocenters. The molecule has 0 bridgehead atoms. The first-order valence-corrected chi connectivity index (χ1v) is 5.82. The van der Waals surface area contributed by atoms with Crippen molar-refractivity contribution in [3.8, 4) is 5.75 Å². The summed E-state index contributed by atoms with van der Waals surface area (Å²) in [6.45, 7) is 0. The monoisotopic (exact) mass is 223 g/mol. The Hall–Kier alpha value is -1.09. The zero-order valence-corrected chi connectivity index (χ0v) is 9.58. The lowest BCUT2D eigenvalue weighted by Gasteiger charge is -2.20. The standard InChI is InChI=1S/C13H18FNO/c1-16-11-8-4-7-10(12(11)14)13(15)9-5-2-3-6-9/h4,7-9,13H,2-3,5-6,15H2,1H3. The minimum Gasteiger partial charge on any atom is -0.494 e. The highest BCUT2D eigenvalue weighted by Gasteiger charge is 2.26. The van der Waals surface area contributed by atoms with E-state index in [4.69, 9.17) is 10.5 Å². The van der Waals surface area contributed by atoms with Gasteiger partial charge in [-0.1, -0.05) is 25.0 Å². The number of hydrogen-bond acceptors (Lipinski definition) is 2. The fourth-order valence-electron chi connectivity index (χ4n) is 2.51. The molecule has 1 atom stereocenters. The summed E-state index contributed by atoms with van der Waals surface area (Å²) in [4.78, 5) is 0. The van der Waals surface area contributed by atoms with E-state index in [0.717, 1.165) is 12.8 Å². The average Bonchev–Trinajstić information content (AvgIpc) is 2.82. The second-order valence-electron chi connectivity index (χ2n) is 4.43. The molecule has 1 aromatic rings. The molecule has 16 heavy (non-hydrogen) atoms. The lowest BCUT2D eigenvalue weighted by molar-refractivity contribution is 0.373. The minimum atomic E-state index is -0.301. The van der Waals surface area contributed by atoms with E-state index in [2.05, 4.69) is 0 Å². The van der Waals surface area contributed by atoms with Gasteiger partial charge in [0.15, 0.2) is 11.6 Å². The van der Waals surface area contributed by atoms with Crippen molar-refractivity contribution >= 4 is 0 Å². The van der Waals surface area contributed by atoms with Gasteiger partial charge in [0.05, 0.1) is 7.11 Å². The van der Waals surface area contributed by atoms with E-state index in [1.165, 1.54) is 20.0 Å². The van der Waals surface area contributed by atoms with Crippen LogP contribution in [0, 0.1) is 11.7 Å². The Balaban J connectivity index is 2.25. The van der Waals surface area contributed by atoms with E-state index >= 15 is 0 Å². The second kappa shape index (κ2) is 4.83. The highest BCUT2D eigenvalue weighted by molar-refractivity contribution is 5.33. The summed E-state index contributed by atoms with van der Waals surface area (Å²) in [5, 5.41) is 0. The summed E-state index contributed by atoms with van der Waals surface area (Å²) in [5.41, 5.74) is 6.72. The number of methoxy groups -OCH3 is 1. The van der Waals surface area contributed by atoms with Gasteiger partial charge in [0, 0.05) is 11.6 Å². The molecule has 1 aliphatic carbocycles. The largest absolute Gasteiger partial charge is 0.494 e. The van der Waals surface area contributed by atoms with E-state index in [1.54, 1.807) is 18.2 Å². The van der Waals surface area contributed by atoms with Gasteiger partial charge in [-0.3, -0.25) is 0 Å². The van der Waals surface area contributed by atoms with Crippen molar-refractivity contribution in [3.63, 3.8) is 0 Å². The average molecular weight is 223 g/mol. The van der Waals surface area contributed by atoms with Gasteiger partial charge in [0.2, 0.25) is 0 Å². The molecule has 0 saturated heterocycles. The first kappa shape index (κ1) is 11.4. The first-order valence-electron chi connectivity index (χ1n) is 5.82. The van der Waals surface area contributed by atoms with Gasteiger partial charge in [-0.05, 0) is 24.8 Å². The highest BCUT2D eigenvalue weighted by Crippen LogP contribution is 2.36. The molecule has 2 nitrogen and oxygen atoms in total. The molecule has 0 radical (unpaired) electrons. The van der Waals surface area contributed by atoms with Crippen LogP contribution in [-0.4, -0.2) is 7.11 Å². The summed E-state index contributed by atoms with van der Waals surface area (Å²) in [6, 6.07) is 4.99. The third-order valence-electron chi connectivity index (χ3n) is 3.48. The molecule has 2 N–H and O–H groups in total. The van der Waals surface area contributed by atoms with Crippen LogP contribution in [0.15, 0.2) is 18.2 Å². The van der Waals surface area contributed by atoms with Crippen LogP contribution in [0.2, 0.25) is 0 Å². The third-order valence-corrected chi connectivity index (χ3v) is 3.48. The fraction of sp³-hybridized carbons (Fsp3) is 0.538. The molecule has 0 heterocycles. The topological polar surface area (TPSA) is 35.2 Å². The number of hydrogen-bond donors (Lipinski definition) is 1. The van der Waals surface area contributed by atoms with Gasteiger partial charge >= 0.3 is 0 Å². The van der Waals surface area contributed by atoms with Crippen molar-refractivity contribution in [1.82, 2.24) is 0 Å². The van der Waals surface area contributed by atoms with E-state index in [9.17, 15) is 4.39 Å². The van der Waals surface area contributed by atoms with Crippen molar-refractivity contribution in [2.75, 3.05) is 7.11 Å². The molecule has 0 aromatic heterocycles. The fourth-order valence-corrected chi connectivity index (χ4v) is 2.51. The Morgan fingerprint density at radius 2 is 2.06 bits per heavy atom. The van der Waals surface area contributed by atoms with Crippen LogP contribution in [0.5, 0.6) is 5.75 Å². The molecule has 0 spiro atoms. The predicted molar refractivity (Wildman–Crippen MR) is 61.8 cm³/mol. The first-order chi connectivity index (χ1) is 7.74. The van der Waals surface area contributed by atoms with Gasteiger partial charge < -0.3 is 10.5 Å². The molecule has 1 saturated carbocycles. The molecular weight excluding hydrogens is 205 g/mol. The minimum absolute atomic E-state index is 0.197. The van der Waals surface area contributed by atoms with Gasteiger partial charge in [-0.15, -0.1) is 0 Å². The Morgan fingerprint density at radius 3 is 2.69 bits per heavy atom. The van der Waals surface area contributed by atoms with Crippen LogP contribution >= 0.6 is 0 Å². The summed E-state index contributed by atoms with van der Waals surface area (Å²) >= 11 is 0. The maximum absolute atomic E-state index is 14.0. The van der Waals surface area contributed by atoms with E-state index in [-0.39, 0.29) is 17.6 Å². The smallest absolute Gasteiger partial charge is 0.169 e. The zero-order chi connectivity index (χ0) is 11.5. The molecule has 88 valence electrons. The molecule has 3 heteroatoms. The van der Waals surface area contributed by atoms with Crippen molar-refractivity contribution < 1.29 is 9.13 Å². The Bertz CT molecular complexity index is 361. The number of rotatable bonds is 3. The number of halogens is 1. The molecule has 1 aliphatic rings. The second-order valence-corrected chi connectivity index (χ2v) is 4.43. The van der Waals surface area contributed by atoms with Crippen LogP contribution in [0.1, 0.15) is 37.3 Å². The normalized spacial score (nSPS) is 18.7. The maximum Gasteiger partial charge on any atom is 0.169 e. The zero-order valence-electron chi connectivity index (χ0n) is 9.58. The highest BCUT2D eigenvalue weighted by atomic mass is 19.1. The summed E-state index contributed by atoms with van der Waals surface area (Å²) in [7, 11) is 1.48. The van der Waals surface area contributed by atoms with Crippen molar-refractivity contribution in [1.29, 1.82) is 0 Å². The summed E-state index contributed by atoms with van der Waals surface area (Å²) in [5.74, 6) is 0.400. The van der Waals surface area contributed by atoms with Crippen molar-refractivity contribution in [2.45, 2.75) is 31.7 Å². The molecule has 0 aliphatic heterocycles. The van der Waals surface area contributed by atoms with Crippen LogP contribution in [0.25, 0.3) is 0 Å². The molecular formula is C13H18FNO. The molecule has 0 amide bonds. The van der Waals surface area contributed by atoms with E-state index < -0.39 is 0 Å². The Morgan fingerprint density at radius 1 is 1.38 bits per heavy atom. The summed E-state index contributed by atoms with van der Waals surface area (Å²) < 4.78 is 18.9. The van der Waals surface area contributed by atoms with Gasteiger partial charge in [0.1, 0.15) is 0 Å². The lowest BCUT2D eigenvalue weighted by Crippen LogP contribution is -2.20. The van der Waals surface area contributed by atoms with Gasteiger partial charge in [-0.2, -0.15) is 0 Å². The number of nitrogens with two attached hydrogens (primary N) is 1. The Labute approximate surface area is 95.6 Å².